The molecule has 0 aromatic carbocycles. The summed E-state index contributed by atoms with van der Waals surface area (Å²) in [5.74, 6) is -1.45. The lowest BCUT2D eigenvalue weighted by atomic mass is 10.3. The van der Waals surface area contributed by atoms with E-state index in [0.29, 0.717) is 4.47 Å². The van der Waals surface area contributed by atoms with Gasteiger partial charge in [-0.2, -0.15) is 0 Å². The van der Waals surface area contributed by atoms with Crippen molar-refractivity contribution in [3.05, 3.63) is 15.9 Å². The second-order valence-corrected chi connectivity index (χ2v) is 7.00. The molecule has 1 aromatic rings. The molecule has 0 radical (unpaired) electrons. The fraction of sp³-hybridized carbons (Fsp3) is 0.286. The highest BCUT2D eigenvalue weighted by atomic mass is 79.9. The van der Waals surface area contributed by atoms with Crippen LogP contribution in [0.25, 0.3) is 0 Å². The molecule has 0 saturated heterocycles. The summed E-state index contributed by atoms with van der Waals surface area (Å²) >= 11 is 3.99. The second-order valence-electron chi connectivity index (χ2n) is 2.93. The number of thiophene rings is 1. The number of hydrogen-bond donors (Lipinski definition) is 3. The van der Waals surface area contributed by atoms with Crippen molar-refractivity contribution in [3.8, 4) is 0 Å². The Hall–Kier alpha value is -0.480. The van der Waals surface area contributed by atoms with Crippen molar-refractivity contribution < 1.29 is 18.3 Å². The summed E-state index contributed by atoms with van der Waals surface area (Å²) in [6.07, 6.45) is 0. The zero-order valence-electron chi connectivity index (χ0n) is 7.83. The van der Waals surface area contributed by atoms with Crippen molar-refractivity contribution >= 4 is 43.1 Å². The van der Waals surface area contributed by atoms with Gasteiger partial charge in [0.1, 0.15) is 15.6 Å². The minimum atomic E-state index is -3.93. The van der Waals surface area contributed by atoms with Gasteiger partial charge in [-0.1, -0.05) is 0 Å². The topological polar surface area (TPSA) is 123 Å². The highest BCUT2D eigenvalue weighted by Crippen LogP contribution is 2.30. The molecule has 0 bridgehead atoms. The fourth-order valence-electron chi connectivity index (χ4n) is 0.940. The summed E-state index contributed by atoms with van der Waals surface area (Å²) in [5.41, 5.74) is 10.5. The summed E-state index contributed by atoms with van der Waals surface area (Å²) in [6.45, 7) is 0. The largest absolute Gasteiger partial charge is 0.480 e. The van der Waals surface area contributed by atoms with Crippen LogP contribution in [0.4, 0.5) is 0 Å². The van der Waals surface area contributed by atoms with Crippen molar-refractivity contribution in [3.63, 3.8) is 0 Å². The SMILES string of the molecule is NC(C(=O)O)[C@@H](N)S(=O)(=O)c1sccc1Br. The van der Waals surface area contributed by atoms with E-state index in [1.807, 2.05) is 0 Å². The standard InChI is InChI=1S/C7H9BrN2O4S2/c8-3-1-2-15-7(3)16(13,14)5(10)4(9)6(11)12/h1-2,4-5H,9-10H2,(H,11,12)/t4?,5-/m0/s1. The van der Waals surface area contributed by atoms with Gasteiger partial charge in [0, 0.05) is 4.47 Å². The van der Waals surface area contributed by atoms with Crippen molar-refractivity contribution in [1.82, 2.24) is 0 Å². The molecular formula is C7H9BrN2O4S2. The predicted molar refractivity (Wildman–Crippen MR) is 62.8 cm³/mol. The predicted octanol–water partition coefficient (Wildman–Crippen LogP) is -0.0190. The van der Waals surface area contributed by atoms with Crippen molar-refractivity contribution in [1.29, 1.82) is 0 Å². The summed E-state index contributed by atoms with van der Waals surface area (Å²) in [7, 11) is -3.93. The zero-order chi connectivity index (χ0) is 12.5. The third-order valence-electron chi connectivity index (χ3n) is 1.84. The molecule has 0 fully saturated rings. The van der Waals surface area contributed by atoms with Gasteiger partial charge in [-0.3, -0.25) is 4.79 Å². The third kappa shape index (κ3) is 2.43. The molecule has 9 heteroatoms. The van der Waals surface area contributed by atoms with Crippen LogP contribution in [0.1, 0.15) is 0 Å². The van der Waals surface area contributed by atoms with E-state index in [9.17, 15) is 13.2 Å². The number of rotatable bonds is 4. The van der Waals surface area contributed by atoms with E-state index in [0.717, 1.165) is 11.3 Å². The van der Waals surface area contributed by atoms with Gasteiger partial charge in [0.25, 0.3) is 0 Å². The first-order valence-electron chi connectivity index (χ1n) is 3.99. The van der Waals surface area contributed by atoms with Gasteiger partial charge in [0.2, 0.25) is 9.84 Å². The monoisotopic (exact) mass is 328 g/mol. The van der Waals surface area contributed by atoms with Gasteiger partial charge < -0.3 is 16.6 Å². The van der Waals surface area contributed by atoms with Crippen LogP contribution in [-0.2, 0) is 14.6 Å². The smallest absolute Gasteiger partial charge is 0.323 e. The first-order valence-corrected chi connectivity index (χ1v) is 7.21. The Kier molecular flexibility index (Phi) is 4.07. The van der Waals surface area contributed by atoms with Crippen LogP contribution >= 0.6 is 27.3 Å². The van der Waals surface area contributed by atoms with Crippen molar-refractivity contribution in [2.45, 2.75) is 15.6 Å². The van der Waals surface area contributed by atoms with Gasteiger partial charge in [0.05, 0.1) is 0 Å². The molecule has 0 spiro atoms. The minimum Gasteiger partial charge on any atom is -0.480 e. The van der Waals surface area contributed by atoms with Gasteiger partial charge in [-0.25, -0.2) is 8.42 Å². The van der Waals surface area contributed by atoms with E-state index >= 15 is 0 Å². The van der Waals surface area contributed by atoms with Gasteiger partial charge >= 0.3 is 5.97 Å². The lowest BCUT2D eigenvalue weighted by molar-refractivity contribution is -0.138. The third-order valence-corrected chi connectivity index (χ3v) is 6.46. The van der Waals surface area contributed by atoms with Crippen molar-refractivity contribution in [2.24, 2.45) is 11.5 Å². The van der Waals surface area contributed by atoms with Crippen LogP contribution in [0.15, 0.2) is 20.1 Å². The summed E-state index contributed by atoms with van der Waals surface area (Å²) in [5, 5.41) is 8.49. The molecule has 0 aliphatic heterocycles. The molecule has 6 nitrogen and oxygen atoms in total. The summed E-state index contributed by atoms with van der Waals surface area (Å²) in [4.78, 5) is 10.6. The molecule has 90 valence electrons. The van der Waals surface area contributed by atoms with Crippen LogP contribution in [0.5, 0.6) is 0 Å². The van der Waals surface area contributed by atoms with Crippen LogP contribution in [-0.4, -0.2) is 30.9 Å². The van der Waals surface area contributed by atoms with Gasteiger partial charge in [-0.05, 0) is 27.4 Å². The second kappa shape index (κ2) is 4.80. The quantitative estimate of drug-likeness (QED) is 0.713. The van der Waals surface area contributed by atoms with E-state index in [4.69, 9.17) is 16.6 Å². The normalized spacial score (nSPS) is 15.7. The molecule has 2 atom stereocenters. The fourth-order valence-corrected chi connectivity index (χ4v) is 4.84. The molecular weight excluding hydrogens is 320 g/mol. The number of carboxylic acids is 1. The van der Waals surface area contributed by atoms with Gasteiger partial charge in [-0.15, -0.1) is 11.3 Å². The van der Waals surface area contributed by atoms with E-state index in [-0.39, 0.29) is 4.21 Å². The number of hydrogen-bond acceptors (Lipinski definition) is 6. The molecule has 0 aliphatic rings. The maximum Gasteiger partial charge on any atom is 0.323 e. The highest BCUT2D eigenvalue weighted by molar-refractivity contribution is 9.10. The Morgan fingerprint density at radius 2 is 2.06 bits per heavy atom. The van der Waals surface area contributed by atoms with Crippen LogP contribution in [0.2, 0.25) is 0 Å². The molecule has 5 N–H and O–H groups in total. The van der Waals surface area contributed by atoms with E-state index < -0.39 is 27.2 Å². The maximum absolute atomic E-state index is 11.9. The summed E-state index contributed by atoms with van der Waals surface area (Å²) < 4.78 is 24.1. The average Bonchev–Trinajstić information content (AvgIpc) is 2.62. The zero-order valence-corrected chi connectivity index (χ0v) is 11.0. The Balaban J connectivity index is 3.13. The molecule has 0 amide bonds. The first-order chi connectivity index (χ1) is 7.28. The minimum absolute atomic E-state index is 0.0169. The number of carboxylic acid groups (broad SMARTS) is 1. The van der Waals surface area contributed by atoms with Crippen LogP contribution in [0.3, 0.4) is 0 Å². The molecule has 0 aliphatic carbocycles. The lowest BCUT2D eigenvalue weighted by Gasteiger charge is -2.15. The Bertz CT molecular complexity index is 498. The van der Waals surface area contributed by atoms with E-state index in [2.05, 4.69) is 15.9 Å². The van der Waals surface area contributed by atoms with Crippen LogP contribution < -0.4 is 11.5 Å². The molecule has 16 heavy (non-hydrogen) atoms. The molecule has 0 saturated carbocycles. The Morgan fingerprint density at radius 1 is 1.50 bits per heavy atom. The van der Waals surface area contributed by atoms with E-state index in [1.165, 1.54) is 6.07 Å². The summed E-state index contributed by atoms with van der Waals surface area (Å²) in [6, 6.07) is -0.115. The van der Waals surface area contributed by atoms with Crippen LogP contribution in [0, 0.1) is 0 Å². The number of nitrogens with two attached hydrogens (primary N) is 2. The van der Waals surface area contributed by atoms with E-state index in [1.54, 1.807) is 5.38 Å². The molecule has 1 heterocycles. The first kappa shape index (κ1) is 13.6. The van der Waals surface area contributed by atoms with Crippen molar-refractivity contribution in [2.75, 3.05) is 0 Å². The maximum atomic E-state index is 11.9. The number of halogens is 1. The lowest BCUT2D eigenvalue weighted by Crippen LogP contribution is -2.51. The molecule has 1 aromatic heterocycles. The molecule has 1 unspecified atom stereocenters. The number of aliphatic carboxylic acids is 1. The highest BCUT2D eigenvalue weighted by Gasteiger charge is 2.35. The number of sulfone groups is 1. The molecule has 1 rings (SSSR count). The Labute approximate surface area is 104 Å². The Morgan fingerprint density at radius 3 is 2.44 bits per heavy atom. The van der Waals surface area contributed by atoms with Gasteiger partial charge in [0.15, 0.2) is 0 Å². The number of carbonyl (C=O) groups is 1. The average molecular weight is 329 g/mol.